The topological polar surface area (TPSA) is 207 Å². The van der Waals surface area contributed by atoms with Crippen molar-refractivity contribution in [1.29, 1.82) is 0 Å². The quantitative estimate of drug-likeness (QED) is 0.282. The second kappa shape index (κ2) is 9.50. The van der Waals surface area contributed by atoms with Crippen molar-refractivity contribution in [2.75, 3.05) is 42.7 Å². The van der Waals surface area contributed by atoms with Crippen molar-refractivity contribution in [2.45, 2.75) is 17.8 Å². The lowest BCUT2D eigenvalue weighted by Crippen LogP contribution is -2.63. The molecule has 2 aliphatic rings. The summed E-state index contributed by atoms with van der Waals surface area (Å²) in [6, 6.07) is 0. The van der Waals surface area contributed by atoms with Crippen LogP contribution < -0.4 is 0 Å². The molecule has 0 saturated carbocycles. The molecule has 5 atom stereocenters. The van der Waals surface area contributed by atoms with E-state index in [-0.39, 0.29) is 0 Å². The van der Waals surface area contributed by atoms with E-state index in [1.165, 1.54) is 0 Å². The molecule has 0 aromatic heterocycles. The minimum absolute atomic E-state index is 0.782. The zero-order chi connectivity index (χ0) is 26.9. The highest BCUT2D eigenvalue weighted by Gasteiger charge is 2.90. The van der Waals surface area contributed by atoms with Crippen molar-refractivity contribution in [3.05, 3.63) is 11.3 Å². The van der Waals surface area contributed by atoms with E-state index in [9.17, 15) is 39.0 Å². The number of fused-ring (bicyclic) bond motifs is 1. The van der Waals surface area contributed by atoms with Crippen LogP contribution in [0.15, 0.2) is 11.3 Å². The van der Waals surface area contributed by atoms with Gasteiger partial charge in [0.15, 0.2) is 11.2 Å². The Morgan fingerprint density at radius 3 is 1.77 bits per heavy atom. The second-order valence-corrected chi connectivity index (χ2v) is 7.40. The maximum Gasteiger partial charge on any atom is 0.344 e. The number of aliphatic hydroxyl groups excluding tert-OH is 1. The largest absolute Gasteiger partial charge is 0.511 e. The standard InChI is InChI=1S/C20H24O15/c1-29-8(21)7-18(28)12(15(25)32-4)19(16(26)33-5)9(13(23)30-2)11(22)10(14(24)31-3)20(19,35-18)17(27)34-6/h9,12,22,28H,7H2,1-6H3/t9-,12+,18+,19-,20+/m0/s1. The van der Waals surface area contributed by atoms with E-state index in [0.717, 1.165) is 42.7 Å². The Labute approximate surface area is 197 Å². The van der Waals surface area contributed by atoms with Gasteiger partial charge in [0.2, 0.25) is 5.60 Å². The summed E-state index contributed by atoms with van der Waals surface area (Å²) in [6.45, 7) is 0. The Kier molecular flexibility index (Phi) is 7.47. The maximum atomic E-state index is 13.5. The Morgan fingerprint density at radius 2 is 1.34 bits per heavy atom. The summed E-state index contributed by atoms with van der Waals surface area (Å²) >= 11 is 0. The number of aliphatic hydroxyl groups is 2. The third-order valence-electron chi connectivity index (χ3n) is 6.04. The van der Waals surface area contributed by atoms with Crippen molar-refractivity contribution in [3.63, 3.8) is 0 Å². The fourth-order valence-electron chi connectivity index (χ4n) is 4.81. The fraction of sp³-hybridized carbons (Fsp3) is 0.600. The molecule has 1 heterocycles. The molecule has 1 saturated heterocycles. The molecule has 1 aliphatic heterocycles. The van der Waals surface area contributed by atoms with Crippen LogP contribution in [0, 0.1) is 17.3 Å². The number of hydrogen-bond donors (Lipinski definition) is 2. The Hall–Kier alpha value is -3.72. The molecule has 15 heteroatoms. The number of carbonyl (C=O) groups excluding carboxylic acids is 6. The van der Waals surface area contributed by atoms with Crippen LogP contribution in [0.3, 0.4) is 0 Å². The van der Waals surface area contributed by atoms with E-state index in [1.54, 1.807) is 0 Å². The van der Waals surface area contributed by atoms with Gasteiger partial charge in [0.25, 0.3) is 0 Å². The van der Waals surface area contributed by atoms with E-state index >= 15 is 0 Å². The summed E-state index contributed by atoms with van der Waals surface area (Å²) in [5.41, 5.74) is -7.58. The Morgan fingerprint density at radius 1 is 0.800 bits per heavy atom. The molecule has 2 N–H and O–H groups in total. The number of methoxy groups -OCH3 is 6. The summed E-state index contributed by atoms with van der Waals surface area (Å²) in [7, 11) is 4.97. The summed E-state index contributed by atoms with van der Waals surface area (Å²) in [5.74, 6) is -18.2. The van der Waals surface area contributed by atoms with Gasteiger partial charge in [0, 0.05) is 0 Å². The van der Waals surface area contributed by atoms with Gasteiger partial charge < -0.3 is 43.4 Å². The molecule has 194 valence electrons. The zero-order valence-corrected chi connectivity index (χ0v) is 19.6. The van der Waals surface area contributed by atoms with Gasteiger partial charge in [-0.15, -0.1) is 0 Å². The number of ether oxygens (including phenoxy) is 7. The predicted octanol–water partition coefficient (Wildman–Crippen LogP) is -2.08. The van der Waals surface area contributed by atoms with Gasteiger partial charge in [-0.05, 0) is 0 Å². The van der Waals surface area contributed by atoms with Gasteiger partial charge in [0.05, 0.1) is 42.7 Å². The van der Waals surface area contributed by atoms with Crippen molar-refractivity contribution < 1.29 is 72.1 Å². The van der Waals surface area contributed by atoms with Crippen LogP contribution >= 0.6 is 0 Å². The molecule has 0 radical (unpaired) electrons. The summed E-state index contributed by atoms with van der Waals surface area (Å²) < 4.78 is 33.5. The molecular weight excluding hydrogens is 480 g/mol. The van der Waals surface area contributed by atoms with E-state index < -0.39 is 82.2 Å². The van der Waals surface area contributed by atoms with Crippen molar-refractivity contribution in [3.8, 4) is 0 Å². The third-order valence-corrected chi connectivity index (χ3v) is 6.04. The number of hydrogen-bond acceptors (Lipinski definition) is 15. The van der Waals surface area contributed by atoms with Crippen LogP contribution in [0.25, 0.3) is 0 Å². The van der Waals surface area contributed by atoms with Crippen molar-refractivity contribution in [2.24, 2.45) is 17.3 Å². The zero-order valence-electron chi connectivity index (χ0n) is 19.6. The monoisotopic (exact) mass is 504 g/mol. The van der Waals surface area contributed by atoms with Gasteiger partial charge in [-0.25, -0.2) is 9.59 Å². The molecule has 15 nitrogen and oxygen atoms in total. The van der Waals surface area contributed by atoms with Gasteiger partial charge in [0.1, 0.15) is 29.6 Å². The predicted molar refractivity (Wildman–Crippen MR) is 105 cm³/mol. The lowest BCUT2D eigenvalue weighted by molar-refractivity contribution is -0.242. The van der Waals surface area contributed by atoms with Gasteiger partial charge in [-0.1, -0.05) is 0 Å². The Balaban J connectivity index is 3.23. The first kappa shape index (κ1) is 27.5. The van der Waals surface area contributed by atoms with Gasteiger partial charge in [-0.3, -0.25) is 19.2 Å². The molecule has 0 bridgehead atoms. The Bertz CT molecular complexity index is 998. The highest BCUT2D eigenvalue weighted by atomic mass is 16.7. The van der Waals surface area contributed by atoms with Gasteiger partial charge in [-0.2, -0.15) is 0 Å². The van der Waals surface area contributed by atoms with Crippen LogP contribution in [-0.2, 0) is 61.9 Å². The fourth-order valence-corrected chi connectivity index (χ4v) is 4.81. The minimum Gasteiger partial charge on any atom is -0.511 e. The lowest BCUT2D eigenvalue weighted by Gasteiger charge is -2.39. The van der Waals surface area contributed by atoms with Crippen molar-refractivity contribution >= 4 is 35.8 Å². The average Bonchev–Trinajstić information content (AvgIpc) is 3.20. The molecule has 0 amide bonds. The summed E-state index contributed by atoms with van der Waals surface area (Å²) in [5, 5.41) is 22.5. The highest BCUT2D eigenvalue weighted by Crippen LogP contribution is 2.68. The van der Waals surface area contributed by atoms with Crippen LogP contribution in [0.1, 0.15) is 6.42 Å². The smallest absolute Gasteiger partial charge is 0.344 e. The molecule has 0 aromatic rings. The summed E-state index contributed by atoms with van der Waals surface area (Å²) in [4.78, 5) is 77.8. The molecule has 0 unspecified atom stereocenters. The van der Waals surface area contributed by atoms with Crippen molar-refractivity contribution in [1.82, 2.24) is 0 Å². The van der Waals surface area contributed by atoms with Crippen LogP contribution in [0.5, 0.6) is 0 Å². The second-order valence-electron chi connectivity index (χ2n) is 7.40. The third kappa shape index (κ3) is 3.41. The van der Waals surface area contributed by atoms with E-state index in [2.05, 4.69) is 14.2 Å². The molecule has 35 heavy (non-hydrogen) atoms. The highest BCUT2D eigenvalue weighted by molar-refractivity contribution is 6.11. The molecule has 1 aliphatic carbocycles. The van der Waals surface area contributed by atoms with E-state index in [4.69, 9.17) is 18.9 Å². The summed E-state index contributed by atoms with van der Waals surface area (Å²) in [6.07, 6.45) is -1.22. The first-order valence-corrected chi connectivity index (χ1v) is 9.69. The maximum absolute atomic E-state index is 13.5. The SMILES string of the molecule is COC(=O)C[C@@]1(O)O[C@@]2(C(=O)OC)C(C(=O)OC)=C(O)[C@@H](C(=O)OC)[C@@]2(C(=O)OC)[C@@H]1C(=O)OC. The lowest BCUT2D eigenvalue weighted by atomic mass is 9.59. The van der Waals surface area contributed by atoms with Crippen LogP contribution in [0.4, 0.5) is 0 Å². The van der Waals surface area contributed by atoms with E-state index in [1.807, 2.05) is 0 Å². The molecule has 0 spiro atoms. The minimum atomic E-state index is -3.27. The normalized spacial score (nSPS) is 31.2. The van der Waals surface area contributed by atoms with Gasteiger partial charge >= 0.3 is 35.8 Å². The molecule has 2 rings (SSSR count). The first-order chi connectivity index (χ1) is 16.4. The van der Waals surface area contributed by atoms with E-state index in [0.29, 0.717) is 0 Å². The molecule has 0 aromatic carbocycles. The number of esters is 6. The first-order valence-electron chi connectivity index (χ1n) is 9.69. The van der Waals surface area contributed by atoms with Crippen LogP contribution in [-0.4, -0.2) is 100 Å². The number of rotatable bonds is 7. The average molecular weight is 504 g/mol. The molecule has 1 fully saturated rings. The number of carbonyl (C=O) groups is 6. The van der Waals surface area contributed by atoms with Crippen LogP contribution in [0.2, 0.25) is 0 Å². The molecular formula is C20H24O15.